The molecule has 0 aliphatic heterocycles. The third-order valence-corrected chi connectivity index (χ3v) is 4.66. The van der Waals surface area contributed by atoms with Crippen LogP contribution >= 0.6 is 0 Å². The molecule has 0 radical (unpaired) electrons. The first-order valence-electron chi connectivity index (χ1n) is 8.61. The van der Waals surface area contributed by atoms with Crippen molar-refractivity contribution in [2.45, 2.75) is 40.0 Å². The molecule has 4 heteroatoms. The number of carbonyl (C=O) groups is 1. The Labute approximate surface area is 156 Å². The molecular formula is C22H28O4. The Morgan fingerprint density at radius 1 is 0.923 bits per heavy atom. The SMILES string of the molecule is COC(=O)c1c(C)c(-c2ccc(OC)cc2C)cc(C(C)(C)C)c1OC. The van der Waals surface area contributed by atoms with Gasteiger partial charge in [-0.15, -0.1) is 0 Å². The van der Waals surface area contributed by atoms with Crippen LogP contribution in [0.1, 0.15) is 47.8 Å². The summed E-state index contributed by atoms with van der Waals surface area (Å²) in [6.07, 6.45) is 0. The Hall–Kier alpha value is -2.49. The van der Waals surface area contributed by atoms with Crippen LogP contribution in [0.25, 0.3) is 11.1 Å². The monoisotopic (exact) mass is 356 g/mol. The Morgan fingerprint density at radius 3 is 2.04 bits per heavy atom. The fourth-order valence-electron chi connectivity index (χ4n) is 3.22. The second-order valence-corrected chi connectivity index (χ2v) is 7.43. The maximum Gasteiger partial charge on any atom is 0.341 e. The Bertz CT molecular complexity index is 829. The van der Waals surface area contributed by atoms with Crippen LogP contribution in [0.15, 0.2) is 24.3 Å². The van der Waals surface area contributed by atoms with Crippen molar-refractivity contribution in [2.75, 3.05) is 21.3 Å². The van der Waals surface area contributed by atoms with E-state index in [0.717, 1.165) is 33.6 Å². The van der Waals surface area contributed by atoms with Crippen molar-refractivity contribution in [3.63, 3.8) is 0 Å². The Kier molecular flexibility index (Phi) is 5.65. The van der Waals surface area contributed by atoms with Gasteiger partial charge in [-0.3, -0.25) is 0 Å². The highest BCUT2D eigenvalue weighted by Gasteiger charge is 2.28. The summed E-state index contributed by atoms with van der Waals surface area (Å²) < 4.78 is 16.0. The van der Waals surface area contributed by atoms with Crippen LogP contribution in [0.4, 0.5) is 0 Å². The number of aryl methyl sites for hydroxylation is 1. The molecule has 0 saturated carbocycles. The summed E-state index contributed by atoms with van der Waals surface area (Å²) in [5, 5.41) is 0. The minimum Gasteiger partial charge on any atom is -0.497 e. The third-order valence-electron chi connectivity index (χ3n) is 4.66. The van der Waals surface area contributed by atoms with Crippen LogP contribution in [-0.2, 0) is 10.2 Å². The largest absolute Gasteiger partial charge is 0.497 e. The van der Waals surface area contributed by atoms with E-state index in [0.29, 0.717) is 11.3 Å². The zero-order valence-electron chi connectivity index (χ0n) is 16.9. The Balaban J connectivity index is 2.89. The van der Waals surface area contributed by atoms with Crippen molar-refractivity contribution in [3.05, 3.63) is 46.5 Å². The average molecular weight is 356 g/mol. The highest BCUT2D eigenvalue weighted by atomic mass is 16.5. The average Bonchev–Trinajstić information content (AvgIpc) is 2.59. The number of carbonyl (C=O) groups excluding carboxylic acids is 1. The van der Waals surface area contributed by atoms with E-state index < -0.39 is 5.97 Å². The molecule has 2 aromatic carbocycles. The first kappa shape index (κ1) is 19.8. The first-order chi connectivity index (χ1) is 12.1. The van der Waals surface area contributed by atoms with Crippen molar-refractivity contribution < 1.29 is 19.0 Å². The predicted molar refractivity (Wildman–Crippen MR) is 104 cm³/mol. The molecule has 140 valence electrons. The lowest BCUT2D eigenvalue weighted by atomic mass is 9.80. The van der Waals surface area contributed by atoms with Gasteiger partial charge in [0.25, 0.3) is 0 Å². The number of benzene rings is 2. The zero-order chi connectivity index (χ0) is 19.6. The van der Waals surface area contributed by atoms with Gasteiger partial charge < -0.3 is 14.2 Å². The highest BCUT2D eigenvalue weighted by molar-refractivity contribution is 5.97. The topological polar surface area (TPSA) is 44.8 Å². The fraction of sp³-hybridized carbons (Fsp3) is 0.409. The molecule has 2 aromatic rings. The maximum atomic E-state index is 12.5. The van der Waals surface area contributed by atoms with Gasteiger partial charge in [-0.05, 0) is 59.7 Å². The number of esters is 1. The molecular weight excluding hydrogens is 328 g/mol. The van der Waals surface area contributed by atoms with E-state index in [-0.39, 0.29) is 5.41 Å². The molecule has 0 unspecified atom stereocenters. The molecule has 0 N–H and O–H groups in total. The minimum absolute atomic E-state index is 0.197. The number of ether oxygens (including phenoxy) is 3. The summed E-state index contributed by atoms with van der Waals surface area (Å²) in [5.74, 6) is 0.997. The number of methoxy groups -OCH3 is 3. The van der Waals surface area contributed by atoms with Crippen molar-refractivity contribution in [3.8, 4) is 22.6 Å². The predicted octanol–water partition coefficient (Wildman–Crippen LogP) is 5.07. The summed E-state index contributed by atoms with van der Waals surface area (Å²) in [4.78, 5) is 12.5. The van der Waals surface area contributed by atoms with E-state index in [2.05, 4.69) is 26.8 Å². The van der Waals surface area contributed by atoms with Gasteiger partial charge in [-0.2, -0.15) is 0 Å². The summed E-state index contributed by atoms with van der Waals surface area (Å²) in [6.45, 7) is 10.3. The smallest absolute Gasteiger partial charge is 0.341 e. The zero-order valence-corrected chi connectivity index (χ0v) is 16.9. The van der Waals surface area contributed by atoms with Crippen molar-refractivity contribution in [1.29, 1.82) is 0 Å². The summed E-state index contributed by atoms with van der Waals surface area (Å²) in [6, 6.07) is 8.07. The number of rotatable bonds is 4. The van der Waals surface area contributed by atoms with Gasteiger partial charge in [0.15, 0.2) is 0 Å². The summed E-state index contributed by atoms with van der Waals surface area (Å²) in [7, 11) is 4.64. The molecule has 0 fully saturated rings. The fourth-order valence-corrected chi connectivity index (χ4v) is 3.22. The molecule has 2 rings (SSSR count). The van der Waals surface area contributed by atoms with Gasteiger partial charge in [0.1, 0.15) is 17.1 Å². The minimum atomic E-state index is -0.391. The van der Waals surface area contributed by atoms with E-state index in [9.17, 15) is 4.79 Å². The van der Waals surface area contributed by atoms with Crippen LogP contribution < -0.4 is 9.47 Å². The van der Waals surface area contributed by atoms with Gasteiger partial charge in [-0.1, -0.05) is 26.8 Å². The van der Waals surface area contributed by atoms with Gasteiger partial charge in [-0.25, -0.2) is 4.79 Å². The van der Waals surface area contributed by atoms with Gasteiger partial charge >= 0.3 is 5.97 Å². The van der Waals surface area contributed by atoms with E-state index in [1.54, 1.807) is 14.2 Å². The Morgan fingerprint density at radius 2 is 1.58 bits per heavy atom. The van der Waals surface area contributed by atoms with Crippen LogP contribution in [0.2, 0.25) is 0 Å². The lowest BCUT2D eigenvalue weighted by molar-refractivity contribution is 0.0596. The van der Waals surface area contributed by atoms with Crippen LogP contribution in [0.3, 0.4) is 0 Å². The van der Waals surface area contributed by atoms with E-state index in [1.807, 2.05) is 32.0 Å². The van der Waals surface area contributed by atoms with Gasteiger partial charge in [0, 0.05) is 5.56 Å². The van der Waals surface area contributed by atoms with E-state index in [4.69, 9.17) is 14.2 Å². The van der Waals surface area contributed by atoms with Crippen LogP contribution in [0, 0.1) is 13.8 Å². The van der Waals surface area contributed by atoms with Crippen molar-refractivity contribution in [1.82, 2.24) is 0 Å². The maximum absolute atomic E-state index is 12.5. The van der Waals surface area contributed by atoms with E-state index in [1.165, 1.54) is 7.11 Å². The second-order valence-electron chi connectivity index (χ2n) is 7.43. The first-order valence-corrected chi connectivity index (χ1v) is 8.61. The summed E-state index contributed by atoms with van der Waals surface area (Å²) >= 11 is 0. The summed E-state index contributed by atoms with van der Waals surface area (Å²) in [5.41, 5.74) is 5.22. The molecule has 0 aromatic heterocycles. The molecule has 0 amide bonds. The normalized spacial score (nSPS) is 11.2. The highest BCUT2D eigenvalue weighted by Crippen LogP contribution is 2.42. The standard InChI is InChI=1S/C22H28O4/c1-13-11-15(24-6)9-10-16(13)17-12-18(22(3,4)5)20(25-7)19(14(17)2)21(23)26-8/h9-12H,1-8H3. The second kappa shape index (κ2) is 7.40. The molecule has 4 nitrogen and oxygen atoms in total. The molecule has 0 atom stereocenters. The molecule has 0 aliphatic carbocycles. The lowest BCUT2D eigenvalue weighted by Gasteiger charge is -2.26. The van der Waals surface area contributed by atoms with E-state index >= 15 is 0 Å². The number of hydrogen-bond donors (Lipinski definition) is 0. The molecule has 0 heterocycles. The molecule has 0 bridgehead atoms. The molecule has 26 heavy (non-hydrogen) atoms. The lowest BCUT2D eigenvalue weighted by Crippen LogP contribution is -2.17. The quantitative estimate of drug-likeness (QED) is 0.717. The van der Waals surface area contributed by atoms with Crippen molar-refractivity contribution >= 4 is 5.97 Å². The molecule has 0 aliphatic rings. The van der Waals surface area contributed by atoms with Crippen LogP contribution in [-0.4, -0.2) is 27.3 Å². The van der Waals surface area contributed by atoms with Crippen molar-refractivity contribution in [2.24, 2.45) is 0 Å². The van der Waals surface area contributed by atoms with Gasteiger partial charge in [0.2, 0.25) is 0 Å². The van der Waals surface area contributed by atoms with Crippen LogP contribution in [0.5, 0.6) is 11.5 Å². The third kappa shape index (κ3) is 3.55. The van der Waals surface area contributed by atoms with Gasteiger partial charge in [0.05, 0.1) is 21.3 Å². The molecule has 0 spiro atoms. The molecule has 0 saturated heterocycles. The number of hydrogen-bond acceptors (Lipinski definition) is 4.